The highest BCUT2D eigenvalue weighted by Gasteiger charge is 2.19. The molecule has 0 aliphatic rings. The third-order valence-corrected chi connectivity index (χ3v) is 3.66. The molecule has 3 rings (SSSR count). The van der Waals surface area contributed by atoms with Crippen molar-refractivity contribution in [3.63, 3.8) is 0 Å². The van der Waals surface area contributed by atoms with Crippen LogP contribution in [0, 0.1) is 0 Å². The Morgan fingerprint density at radius 3 is 2.65 bits per heavy atom. The molecule has 2 amide bonds. The fourth-order valence-corrected chi connectivity index (χ4v) is 2.61. The molecule has 0 aliphatic carbocycles. The number of primary amides is 1. The van der Waals surface area contributed by atoms with Crippen LogP contribution in [-0.4, -0.2) is 22.3 Å². The van der Waals surface area contributed by atoms with Gasteiger partial charge in [-0.05, 0) is 29.3 Å². The summed E-state index contributed by atoms with van der Waals surface area (Å²) in [7, 11) is 0. The molecule has 5 N–H and O–H groups in total. The van der Waals surface area contributed by atoms with E-state index in [-0.39, 0.29) is 11.4 Å². The number of halogens is 1. The van der Waals surface area contributed by atoms with Crippen LogP contribution < -0.4 is 16.6 Å². The quantitative estimate of drug-likeness (QED) is 0.222. The SMILES string of the molecule is NC(=O)c1c(N(N)C=O)[nH]c2cc(-c3ccnc(Cl)c3)ccc12. The van der Waals surface area contributed by atoms with Crippen LogP contribution in [0.5, 0.6) is 0 Å². The first-order chi connectivity index (χ1) is 11.0. The summed E-state index contributed by atoms with van der Waals surface area (Å²) in [6.07, 6.45) is 1.99. The normalized spacial score (nSPS) is 10.7. The molecule has 0 spiro atoms. The zero-order chi connectivity index (χ0) is 16.6. The minimum atomic E-state index is -0.678. The first kappa shape index (κ1) is 15.0. The molecule has 3 aromatic rings. The molecule has 7 nitrogen and oxygen atoms in total. The number of H-pyrrole nitrogens is 1. The van der Waals surface area contributed by atoms with E-state index in [1.54, 1.807) is 18.3 Å². The van der Waals surface area contributed by atoms with E-state index in [0.29, 0.717) is 22.5 Å². The summed E-state index contributed by atoms with van der Waals surface area (Å²) in [6, 6.07) is 8.90. The second kappa shape index (κ2) is 5.71. The number of carbonyl (C=O) groups is 2. The number of pyridine rings is 1. The highest BCUT2D eigenvalue weighted by Crippen LogP contribution is 2.31. The fraction of sp³-hybridized carbons (Fsp3) is 0. The molecule has 0 bridgehead atoms. The van der Waals surface area contributed by atoms with Crippen molar-refractivity contribution in [1.82, 2.24) is 9.97 Å². The van der Waals surface area contributed by atoms with Gasteiger partial charge in [-0.3, -0.25) is 9.59 Å². The lowest BCUT2D eigenvalue weighted by Crippen LogP contribution is -2.31. The van der Waals surface area contributed by atoms with Gasteiger partial charge in [0.1, 0.15) is 11.0 Å². The molecule has 0 fully saturated rings. The predicted molar refractivity (Wildman–Crippen MR) is 87.8 cm³/mol. The van der Waals surface area contributed by atoms with Crippen molar-refractivity contribution >= 4 is 40.6 Å². The lowest BCUT2D eigenvalue weighted by Gasteiger charge is -2.08. The van der Waals surface area contributed by atoms with E-state index in [1.807, 2.05) is 18.2 Å². The van der Waals surface area contributed by atoms with Gasteiger partial charge in [-0.2, -0.15) is 0 Å². The Kier molecular flexibility index (Phi) is 3.73. The van der Waals surface area contributed by atoms with Gasteiger partial charge in [0.05, 0.1) is 5.56 Å². The van der Waals surface area contributed by atoms with Crippen LogP contribution in [0.3, 0.4) is 0 Å². The summed E-state index contributed by atoms with van der Waals surface area (Å²) in [5.74, 6) is 5.03. The van der Waals surface area contributed by atoms with Crippen LogP contribution in [0.25, 0.3) is 22.0 Å². The maximum Gasteiger partial charge on any atom is 0.253 e. The maximum absolute atomic E-state index is 11.7. The lowest BCUT2D eigenvalue weighted by atomic mass is 10.0. The Labute approximate surface area is 135 Å². The maximum atomic E-state index is 11.7. The van der Waals surface area contributed by atoms with Crippen molar-refractivity contribution in [2.24, 2.45) is 11.6 Å². The molecule has 2 heterocycles. The molecule has 116 valence electrons. The number of hydrazine groups is 1. The number of aromatic nitrogens is 2. The third-order valence-electron chi connectivity index (χ3n) is 3.46. The van der Waals surface area contributed by atoms with E-state index in [4.69, 9.17) is 23.2 Å². The van der Waals surface area contributed by atoms with Crippen molar-refractivity contribution in [3.05, 3.63) is 47.2 Å². The topological polar surface area (TPSA) is 118 Å². The number of nitrogens with zero attached hydrogens (tertiary/aromatic N) is 2. The summed E-state index contributed by atoms with van der Waals surface area (Å²) in [5, 5.41) is 1.73. The minimum absolute atomic E-state index is 0.146. The van der Waals surface area contributed by atoms with Gasteiger partial charge < -0.3 is 10.7 Å². The monoisotopic (exact) mass is 329 g/mol. The first-order valence-corrected chi connectivity index (χ1v) is 6.95. The number of benzene rings is 1. The largest absolute Gasteiger partial charge is 0.365 e. The van der Waals surface area contributed by atoms with Crippen LogP contribution in [0.1, 0.15) is 10.4 Å². The standard InChI is InChI=1S/C15H12ClN5O2/c16-12-6-9(3-4-19-12)8-1-2-10-11(5-8)20-15(21(18)7-22)13(10)14(17)23/h1-7,20H,18H2,(H2,17,23). The van der Waals surface area contributed by atoms with E-state index in [1.165, 1.54) is 0 Å². The Morgan fingerprint density at radius 2 is 2.00 bits per heavy atom. The number of carbonyl (C=O) groups excluding carboxylic acids is 2. The smallest absolute Gasteiger partial charge is 0.253 e. The van der Waals surface area contributed by atoms with Crippen molar-refractivity contribution in [1.29, 1.82) is 0 Å². The van der Waals surface area contributed by atoms with E-state index < -0.39 is 5.91 Å². The number of anilines is 1. The van der Waals surface area contributed by atoms with E-state index in [0.717, 1.165) is 16.1 Å². The van der Waals surface area contributed by atoms with Gasteiger partial charge in [0.15, 0.2) is 0 Å². The van der Waals surface area contributed by atoms with Gasteiger partial charge in [-0.25, -0.2) is 15.8 Å². The van der Waals surface area contributed by atoms with E-state index >= 15 is 0 Å². The average Bonchev–Trinajstić information content (AvgIpc) is 2.92. The number of nitrogens with two attached hydrogens (primary N) is 2. The molecule has 0 saturated carbocycles. The Hall–Kier alpha value is -2.90. The highest BCUT2D eigenvalue weighted by molar-refractivity contribution is 6.29. The third kappa shape index (κ3) is 2.63. The average molecular weight is 330 g/mol. The van der Waals surface area contributed by atoms with Crippen molar-refractivity contribution in [2.75, 3.05) is 5.01 Å². The predicted octanol–water partition coefficient (Wildman–Crippen LogP) is 1.82. The molecular formula is C15H12ClN5O2. The van der Waals surface area contributed by atoms with Gasteiger partial charge in [-0.15, -0.1) is 0 Å². The number of nitrogens with one attached hydrogen (secondary N) is 1. The van der Waals surface area contributed by atoms with E-state index in [9.17, 15) is 9.59 Å². The van der Waals surface area contributed by atoms with Crippen LogP contribution in [0.15, 0.2) is 36.5 Å². The molecule has 0 saturated heterocycles. The number of hydrogen-bond acceptors (Lipinski definition) is 4. The van der Waals surface area contributed by atoms with Crippen molar-refractivity contribution in [3.8, 4) is 11.1 Å². The molecule has 1 aromatic carbocycles. The number of fused-ring (bicyclic) bond motifs is 1. The van der Waals surface area contributed by atoms with Gasteiger partial charge in [-0.1, -0.05) is 23.7 Å². The van der Waals surface area contributed by atoms with Gasteiger partial charge in [0.2, 0.25) is 6.41 Å². The van der Waals surface area contributed by atoms with Gasteiger partial charge in [0, 0.05) is 17.1 Å². The summed E-state index contributed by atoms with van der Waals surface area (Å²) in [4.78, 5) is 29.5. The minimum Gasteiger partial charge on any atom is -0.365 e. The zero-order valence-corrected chi connectivity index (χ0v) is 12.5. The number of amides is 2. The molecule has 0 aliphatic heterocycles. The Bertz CT molecular complexity index is 921. The van der Waals surface area contributed by atoms with Crippen molar-refractivity contribution in [2.45, 2.75) is 0 Å². The first-order valence-electron chi connectivity index (χ1n) is 6.58. The molecule has 0 atom stereocenters. The zero-order valence-electron chi connectivity index (χ0n) is 11.8. The van der Waals surface area contributed by atoms with Crippen LogP contribution in [0.2, 0.25) is 5.15 Å². The number of rotatable bonds is 4. The molecular weight excluding hydrogens is 318 g/mol. The molecule has 0 unspecified atom stereocenters. The molecule has 2 aromatic heterocycles. The highest BCUT2D eigenvalue weighted by atomic mass is 35.5. The van der Waals surface area contributed by atoms with Crippen LogP contribution in [0.4, 0.5) is 5.82 Å². The van der Waals surface area contributed by atoms with Gasteiger partial charge in [0.25, 0.3) is 5.91 Å². The summed E-state index contributed by atoms with van der Waals surface area (Å²) >= 11 is 5.90. The molecule has 0 radical (unpaired) electrons. The fourth-order valence-electron chi connectivity index (χ4n) is 2.44. The second-order valence-corrected chi connectivity index (χ2v) is 5.24. The molecule has 8 heteroatoms. The van der Waals surface area contributed by atoms with Crippen molar-refractivity contribution < 1.29 is 9.59 Å². The van der Waals surface area contributed by atoms with Gasteiger partial charge >= 0.3 is 0 Å². The van der Waals surface area contributed by atoms with Crippen LogP contribution >= 0.6 is 11.6 Å². The number of aromatic amines is 1. The summed E-state index contributed by atoms with van der Waals surface area (Å²) in [6.45, 7) is 0. The Balaban J connectivity index is 2.21. The lowest BCUT2D eigenvalue weighted by molar-refractivity contribution is -0.107. The second-order valence-electron chi connectivity index (χ2n) is 4.85. The number of hydrogen-bond donors (Lipinski definition) is 3. The molecule has 23 heavy (non-hydrogen) atoms. The van der Waals surface area contributed by atoms with E-state index in [2.05, 4.69) is 9.97 Å². The summed E-state index contributed by atoms with van der Waals surface area (Å²) in [5.41, 5.74) is 7.91. The Morgan fingerprint density at radius 1 is 1.26 bits per heavy atom. The van der Waals surface area contributed by atoms with Crippen LogP contribution in [-0.2, 0) is 4.79 Å². The summed E-state index contributed by atoms with van der Waals surface area (Å²) < 4.78 is 0.